The van der Waals surface area contributed by atoms with Crippen molar-refractivity contribution >= 4 is 51.0 Å². The number of carbonyl (C=O) groups excluding carboxylic acids is 1. The summed E-state index contributed by atoms with van der Waals surface area (Å²) in [4.78, 5) is 18.0. The predicted octanol–water partition coefficient (Wildman–Crippen LogP) is 1.45. The summed E-state index contributed by atoms with van der Waals surface area (Å²) >= 11 is 11.9. The van der Waals surface area contributed by atoms with Gasteiger partial charge in [0.15, 0.2) is 0 Å². The molecule has 0 aromatic heterocycles. The molecule has 1 atom stereocenters. The third kappa shape index (κ3) is 3.24. The highest BCUT2D eigenvalue weighted by molar-refractivity contribution is 7.91. The van der Waals surface area contributed by atoms with Gasteiger partial charge >= 0.3 is 16.2 Å². The van der Waals surface area contributed by atoms with Gasteiger partial charge < -0.3 is 9.64 Å². The zero-order chi connectivity index (χ0) is 18.3. The molecule has 132 valence electrons. The van der Waals surface area contributed by atoms with Gasteiger partial charge in [-0.2, -0.15) is 8.42 Å². The first-order valence-electron chi connectivity index (χ1n) is 6.66. The topological polar surface area (TPSA) is 91.3 Å². The van der Waals surface area contributed by atoms with Crippen LogP contribution in [0.2, 0.25) is 10.0 Å². The van der Waals surface area contributed by atoms with Crippen molar-refractivity contribution in [2.24, 2.45) is 4.99 Å². The molecule has 1 aliphatic rings. The molecule has 1 aliphatic heterocycles. The van der Waals surface area contributed by atoms with Gasteiger partial charge in [0, 0.05) is 24.1 Å². The number of benzene rings is 1. The molecule has 0 saturated heterocycles. The Labute approximate surface area is 150 Å². The van der Waals surface area contributed by atoms with Crippen molar-refractivity contribution in [3.8, 4) is 0 Å². The van der Waals surface area contributed by atoms with Gasteiger partial charge in [0.1, 0.15) is 0 Å². The highest BCUT2D eigenvalue weighted by atomic mass is 35.5. The van der Waals surface area contributed by atoms with Gasteiger partial charge in [-0.05, 0) is 25.1 Å². The van der Waals surface area contributed by atoms with E-state index in [9.17, 15) is 13.2 Å². The second-order valence-corrected chi connectivity index (χ2v) is 7.73. The summed E-state index contributed by atoms with van der Waals surface area (Å²) in [5.74, 6) is -0.865. The van der Waals surface area contributed by atoms with Gasteiger partial charge in [0.25, 0.3) is 0 Å². The van der Waals surface area contributed by atoms with Gasteiger partial charge in [-0.15, -0.1) is 0 Å². The van der Waals surface area contributed by atoms with Crippen LogP contribution in [-0.4, -0.2) is 52.1 Å². The lowest BCUT2D eigenvalue weighted by molar-refractivity contribution is -0.145. The lowest BCUT2D eigenvalue weighted by Crippen LogP contribution is -2.64. The van der Waals surface area contributed by atoms with E-state index in [1.54, 1.807) is 14.1 Å². The summed E-state index contributed by atoms with van der Waals surface area (Å²) in [7, 11) is 0.151. The minimum atomic E-state index is -4.17. The van der Waals surface area contributed by atoms with Crippen LogP contribution in [0.4, 0.5) is 5.69 Å². The average Bonchev–Trinajstić information content (AvgIpc) is 2.43. The molecule has 0 amide bonds. The zero-order valence-electron chi connectivity index (χ0n) is 13.4. The molecule has 0 radical (unpaired) electrons. The fourth-order valence-corrected chi connectivity index (χ4v) is 4.26. The molecule has 0 bridgehead atoms. The number of carbonyl (C=O) groups is 1. The second-order valence-electron chi connectivity index (χ2n) is 5.34. The number of methoxy groups -OCH3 is 1. The number of rotatable bonds is 2. The van der Waals surface area contributed by atoms with Gasteiger partial charge in [-0.3, -0.25) is 0 Å². The number of esters is 1. The van der Waals surface area contributed by atoms with Crippen LogP contribution < -0.4 is 9.03 Å². The summed E-state index contributed by atoms with van der Waals surface area (Å²) < 4.78 is 33.4. The van der Waals surface area contributed by atoms with Crippen molar-refractivity contribution < 1.29 is 17.9 Å². The van der Waals surface area contributed by atoms with Crippen LogP contribution >= 0.6 is 23.2 Å². The smallest absolute Gasteiger partial charge is 0.355 e. The second kappa shape index (κ2) is 6.30. The lowest BCUT2D eigenvalue weighted by Gasteiger charge is -2.41. The number of hydrogen-bond donors (Lipinski definition) is 1. The molecule has 2 rings (SSSR count). The first kappa shape index (κ1) is 18.6. The molecule has 1 aromatic carbocycles. The van der Waals surface area contributed by atoms with Crippen LogP contribution in [0.3, 0.4) is 0 Å². The van der Waals surface area contributed by atoms with Crippen LogP contribution in [0, 0.1) is 0 Å². The molecule has 1 unspecified atom stereocenters. The number of hydrogen-bond acceptors (Lipinski definition) is 6. The van der Waals surface area contributed by atoms with E-state index in [1.165, 1.54) is 30.0 Å². The Bertz CT molecular complexity index is 792. The monoisotopic (exact) mass is 394 g/mol. The molecule has 24 heavy (non-hydrogen) atoms. The van der Waals surface area contributed by atoms with Crippen molar-refractivity contribution in [3.05, 3.63) is 28.2 Å². The molecular formula is C13H16Cl2N4O4S. The van der Waals surface area contributed by atoms with E-state index < -0.39 is 21.8 Å². The minimum absolute atomic E-state index is 0.00715. The fraction of sp³-hybridized carbons (Fsp3) is 0.385. The molecule has 11 heteroatoms. The summed E-state index contributed by atoms with van der Waals surface area (Å²) in [5.41, 5.74) is -1.79. The largest absolute Gasteiger partial charge is 0.466 e. The van der Waals surface area contributed by atoms with Gasteiger partial charge in [0.2, 0.25) is 11.6 Å². The first-order valence-corrected chi connectivity index (χ1v) is 8.85. The van der Waals surface area contributed by atoms with E-state index in [0.717, 1.165) is 11.4 Å². The van der Waals surface area contributed by atoms with Crippen LogP contribution in [0.1, 0.15) is 6.92 Å². The third-order valence-electron chi connectivity index (χ3n) is 3.26. The van der Waals surface area contributed by atoms with E-state index >= 15 is 0 Å². The molecule has 0 aliphatic carbocycles. The van der Waals surface area contributed by atoms with E-state index in [-0.39, 0.29) is 21.7 Å². The van der Waals surface area contributed by atoms with Crippen LogP contribution in [0.15, 0.2) is 23.2 Å². The summed E-state index contributed by atoms with van der Waals surface area (Å²) in [5, 5.41) is 0.421. The summed E-state index contributed by atoms with van der Waals surface area (Å²) in [6.45, 7) is 1.33. The Morgan fingerprint density at radius 2 is 1.83 bits per heavy atom. The Balaban J connectivity index is 2.76. The number of nitrogens with one attached hydrogen (secondary N) is 1. The first-order chi connectivity index (χ1) is 11.0. The summed E-state index contributed by atoms with van der Waals surface area (Å²) in [6, 6.07) is 4.18. The number of halogens is 2. The Kier molecular flexibility index (Phi) is 4.89. The Morgan fingerprint density at radius 3 is 2.29 bits per heavy atom. The number of aliphatic imine (C=N–C) groups is 1. The molecule has 0 fully saturated rings. The van der Waals surface area contributed by atoms with Crippen molar-refractivity contribution in [3.63, 3.8) is 0 Å². The van der Waals surface area contributed by atoms with Gasteiger partial charge in [0.05, 0.1) is 12.8 Å². The molecule has 0 saturated carbocycles. The molecule has 8 nitrogen and oxygen atoms in total. The maximum absolute atomic E-state index is 12.8. The quantitative estimate of drug-likeness (QED) is 0.766. The minimum Gasteiger partial charge on any atom is -0.466 e. The molecule has 0 spiro atoms. The lowest BCUT2D eigenvalue weighted by atomic mass is 10.2. The van der Waals surface area contributed by atoms with Crippen molar-refractivity contribution in [1.82, 2.24) is 9.62 Å². The number of guanidine groups is 1. The highest BCUT2D eigenvalue weighted by Gasteiger charge is 2.51. The maximum Gasteiger partial charge on any atom is 0.355 e. The van der Waals surface area contributed by atoms with E-state index in [0.29, 0.717) is 0 Å². The van der Waals surface area contributed by atoms with E-state index in [4.69, 9.17) is 27.9 Å². The normalized spacial score (nSPS) is 22.4. The van der Waals surface area contributed by atoms with E-state index in [1.807, 2.05) is 0 Å². The highest BCUT2D eigenvalue weighted by Crippen LogP contribution is 2.35. The molecule has 1 heterocycles. The van der Waals surface area contributed by atoms with E-state index in [2.05, 4.69) is 9.71 Å². The fourth-order valence-electron chi connectivity index (χ4n) is 2.23. The van der Waals surface area contributed by atoms with Crippen molar-refractivity contribution in [1.29, 1.82) is 0 Å². The predicted molar refractivity (Wildman–Crippen MR) is 92.5 cm³/mol. The van der Waals surface area contributed by atoms with Crippen molar-refractivity contribution in [2.45, 2.75) is 12.6 Å². The standard InChI is InChI=1S/C13H16Cl2N4O4S/c1-13(11(20)23-4)16-12(18(2)3)17-24(21,22)19(13)10-6-8(14)5-9(15)7-10/h5-7H,1-4H3,(H,16,17). The van der Waals surface area contributed by atoms with Gasteiger partial charge in [-0.25, -0.2) is 18.8 Å². The summed E-state index contributed by atoms with van der Waals surface area (Å²) in [6.07, 6.45) is 0. The molecule has 1 aromatic rings. The Hall–Kier alpha value is -1.71. The maximum atomic E-state index is 12.8. The third-order valence-corrected chi connectivity index (χ3v) is 5.18. The van der Waals surface area contributed by atoms with Crippen LogP contribution in [0.5, 0.6) is 0 Å². The number of ether oxygens (including phenoxy) is 1. The number of nitrogens with zero attached hydrogens (tertiary/aromatic N) is 3. The number of anilines is 1. The molecular weight excluding hydrogens is 379 g/mol. The van der Waals surface area contributed by atoms with Crippen LogP contribution in [0.25, 0.3) is 0 Å². The zero-order valence-corrected chi connectivity index (χ0v) is 15.7. The van der Waals surface area contributed by atoms with Crippen LogP contribution in [-0.2, 0) is 19.7 Å². The Morgan fingerprint density at radius 1 is 1.29 bits per heavy atom. The average molecular weight is 395 g/mol. The van der Waals surface area contributed by atoms with Gasteiger partial charge in [-0.1, -0.05) is 23.2 Å². The van der Waals surface area contributed by atoms with Crippen molar-refractivity contribution in [2.75, 3.05) is 25.5 Å². The molecule has 1 N–H and O–H groups in total. The SMILES string of the molecule is COC(=O)C1(C)N=C(N(C)C)NS(=O)(=O)N1c1cc(Cl)cc(Cl)c1.